The minimum atomic E-state index is -0.410. The molecule has 0 spiro atoms. The number of anilines is 1. The van der Waals surface area contributed by atoms with Crippen LogP contribution in [0.2, 0.25) is 0 Å². The van der Waals surface area contributed by atoms with Gasteiger partial charge in [-0.15, -0.1) is 11.3 Å². The summed E-state index contributed by atoms with van der Waals surface area (Å²) >= 11 is 1.77. The minimum absolute atomic E-state index is 0.0515. The van der Waals surface area contributed by atoms with Crippen LogP contribution in [0.25, 0.3) is 10.2 Å². The smallest absolute Gasteiger partial charge is 0.225 e. The van der Waals surface area contributed by atoms with E-state index in [0.29, 0.717) is 5.95 Å². The molecule has 4 rings (SSSR count). The fourth-order valence-electron chi connectivity index (χ4n) is 3.39. The van der Waals surface area contributed by atoms with Crippen molar-refractivity contribution in [2.45, 2.75) is 25.4 Å². The molecule has 2 aromatic heterocycles. The van der Waals surface area contributed by atoms with Gasteiger partial charge in [-0.2, -0.15) is 0 Å². The number of hydrogen-bond donors (Lipinski definition) is 1. The predicted molar refractivity (Wildman–Crippen MR) is 106 cm³/mol. The SMILES string of the molecule is NC(CCCc1nc2ccccc2s1)N1CCN(c2ncc(F)cn2)CC1. The Balaban J connectivity index is 1.23. The number of aryl methyl sites for hydroxylation is 1. The number of halogens is 1. The molecule has 0 radical (unpaired) electrons. The van der Waals surface area contributed by atoms with Gasteiger partial charge in [-0.3, -0.25) is 4.90 Å². The van der Waals surface area contributed by atoms with Gasteiger partial charge in [0.1, 0.15) is 0 Å². The van der Waals surface area contributed by atoms with Crippen molar-refractivity contribution >= 4 is 27.5 Å². The molecule has 27 heavy (non-hydrogen) atoms. The third-order valence-corrected chi connectivity index (χ3v) is 6.00. The quantitative estimate of drug-likeness (QED) is 0.702. The van der Waals surface area contributed by atoms with Crippen LogP contribution in [0.15, 0.2) is 36.7 Å². The first-order chi connectivity index (χ1) is 13.2. The topological polar surface area (TPSA) is 71.2 Å². The fraction of sp³-hybridized carbons (Fsp3) is 0.421. The molecular weight excluding hydrogens is 363 g/mol. The van der Waals surface area contributed by atoms with Crippen molar-refractivity contribution in [3.05, 3.63) is 47.5 Å². The van der Waals surface area contributed by atoms with Crippen LogP contribution in [0.4, 0.5) is 10.3 Å². The molecule has 1 aliphatic rings. The Morgan fingerprint density at radius 1 is 1.11 bits per heavy atom. The first kappa shape index (κ1) is 18.2. The van der Waals surface area contributed by atoms with Gasteiger partial charge < -0.3 is 10.6 Å². The number of aromatic nitrogens is 3. The number of benzene rings is 1. The van der Waals surface area contributed by atoms with Crippen LogP contribution in [0.5, 0.6) is 0 Å². The molecule has 1 saturated heterocycles. The number of piperazine rings is 1. The van der Waals surface area contributed by atoms with E-state index in [-0.39, 0.29) is 6.17 Å². The van der Waals surface area contributed by atoms with Crippen LogP contribution < -0.4 is 10.6 Å². The Bertz CT molecular complexity index is 842. The Morgan fingerprint density at radius 3 is 2.59 bits per heavy atom. The zero-order chi connectivity index (χ0) is 18.6. The fourth-order valence-corrected chi connectivity index (χ4v) is 4.40. The number of fused-ring (bicyclic) bond motifs is 1. The number of nitrogens with zero attached hydrogens (tertiary/aromatic N) is 5. The molecule has 1 atom stereocenters. The highest BCUT2D eigenvalue weighted by molar-refractivity contribution is 7.18. The molecule has 1 aliphatic heterocycles. The average molecular weight is 387 g/mol. The normalized spacial score (nSPS) is 16.7. The van der Waals surface area contributed by atoms with E-state index in [2.05, 4.69) is 43.0 Å². The second-order valence-corrected chi connectivity index (χ2v) is 7.87. The summed E-state index contributed by atoms with van der Waals surface area (Å²) in [7, 11) is 0. The number of hydrogen-bond acceptors (Lipinski definition) is 7. The summed E-state index contributed by atoms with van der Waals surface area (Å²) < 4.78 is 14.2. The van der Waals surface area contributed by atoms with Crippen molar-refractivity contribution in [1.29, 1.82) is 0 Å². The average Bonchev–Trinajstić information content (AvgIpc) is 3.11. The molecule has 6 nitrogen and oxygen atoms in total. The maximum atomic E-state index is 13.0. The lowest BCUT2D eigenvalue weighted by Gasteiger charge is -2.37. The highest BCUT2D eigenvalue weighted by Gasteiger charge is 2.22. The van der Waals surface area contributed by atoms with Gasteiger partial charge in [0.05, 0.1) is 33.8 Å². The first-order valence-corrected chi connectivity index (χ1v) is 10.1. The summed E-state index contributed by atoms with van der Waals surface area (Å²) in [6.07, 6.45) is 5.42. The van der Waals surface area contributed by atoms with E-state index in [1.54, 1.807) is 11.3 Å². The van der Waals surface area contributed by atoms with Gasteiger partial charge in [0.2, 0.25) is 5.95 Å². The van der Waals surface area contributed by atoms with Gasteiger partial charge in [0.15, 0.2) is 5.82 Å². The molecule has 0 bridgehead atoms. The molecule has 3 heterocycles. The zero-order valence-corrected chi connectivity index (χ0v) is 15.9. The Hall–Kier alpha value is -2.16. The third-order valence-electron chi connectivity index (χ3n) is 4.90. The van der Waals surface area contributed by atoms with Crippen LogP contribution >= 0.6 is 11.3 Å². The van der Waals surface area contributed by atoms with Crippen molar-refractivity contribution in [2.24, 2.45) is 5.73 Å². The summed E-state index contributed by atoms with van der Waals surface area (Å²) in [6.45, 7) is 3.33. The predicted octanol–water partition coefficient (Wildman–Crippen LogP) is 2.66. The van der Waals surface area contributed by atoms with Crippen molar-refractivity contribution in [3.63, 3.8) is 0 Å². The van der Waals surface area contributed by atoms with E-state index >= 15 is 0 Å². The highest BCUT2D eigenvalue weighted by Crippen LogP contribution is 2.23. The van der Waals surface area contributed by atoms with Gasteiger partial charge in [0, 0.05) is 26.2 Å². The van der Waals surface area contributed by atoms with Crippen molar-refractivity contribution in [3.8, 4) is 0 Å². The van der Waals surface area contributed by atoms with Crippen molar-refractivity contribution in [2.75, 3.05) is 31.1 Å². The molecule has 1 unspecified atom stereocenters. The molecule has 2 N–H and O–H groups in total. The Morgan fingerprint density at radius 2 is 1.85 bits per heavy atom. The van der Waals surface area contributed by atoms with E-state index in [4.69, 9.17) is 5.73 Å². The number of para-hydroxylation sites is 1. The number of rotatable bonds is 6. The summed E-state index contributed by atoms with van der Waals surface area (Å²) in [6, 6.07) is 8.26. The Labute approximate surface area is 161 Å². The van der Waals surface area contributed by atoms with E-state index in [1.807, 2.05) is 6.07 Å². The van der Waals surface area contributed by atoms with Crippen LogP contribution in [-0.4, -0.2) is 52.2 Å². The lowest BCUT2D eigenvalue weighted by molar-refractivity contribution is 0.177. The summed E-state index contributed by atoms with van der Waals surface area (Å²) in [5.41, 5.74) is 7.49. The molecule has 3 aromatic rings. The molecule has 0 aliphatic carbocycles. The Kier molecular flexibility index (Phi) is 5.56. The second-order valence-electron chi connectivity index (χ2n) is 6.76. The maximum Gasteiger partial charge on any atom is 0.225 e. The lowest BCUT2D eigenvalue weighted by Crippen LogP contribution is -2.53. The van der Waals surface area contributed by atoms with Crippen LogP contribution in [-0.2, 0) is 6.42 Å². The largest absolute Gasteiger partial charge is 0.338 e. The molecule has 142 valence electrons. The number of nitrogens with two attached hydrogens (primary N) is 1. The lowest BCUT2D eigenvalue weighted by atomic mass is 10.2. The van der Waals surface area contributed by atoms with Crippen LogP contribution in [0.1, 0.15) is 17.8 Å². The highest BCUT2D eigenvalue weighted by atomic mass is 32.1. The van der Waals surface area contributed by atoms with Crippen LogP contribution in [0, 0.1) is 5.82 Å². The molecule has 1 aromatic carbocycles. The van der Waals surface area contributed by atoms with E-state index < -0.39 is 5.82 Å². The van der Waals surface area contributed by atoms with E-state index in [1.165, 1.54) is 22.1 Å². The standard InChI is InChI=1S/C19H23FN6S/c20-14-12-22-19(23-13-14)26-10-8-25(9-11-26)17(21)6-3-7-18-24-15-4-1-2-5-16(15)27-18/h1-2,4-5,12-13,17H,3,6-11,21H2. The third kappa shape index (κ3) is 4.40. The van der Waals surface area contributed by atoms with Crippen molar-refractivity contribution < 1.29 is 4.39 Å². The van der Waals surface area contributed by atoms with Gasteiger partial charge >= 0.3 is 0 Å². The first-order valence-electron chi connectivity index (χ1n) is 9.25. The zero-order valence-electron chi connectivity index (χ0n) is 15.1. The minimum Gasteiger partial charge on any atom is -0.338 e. The number of thiazole rings is 1. The monoisotopic (exact) mass is 386 g/mol. The molecular formula is C19H23FN6S. The summed E-state index contributed by atoms with van der Waals surface area (Å²) in [5.74, 6) is 0.174. The second kappa shape index (κ2) is 8.24. The van der Waals surface area contributed by atoms with E-state index in [0.717, 1.165) is 51.0 Å². The van der Waals surface area contributed by atoms with Crippen LogP contribution in [0.3, 0.4) is 0 Å². The summed E-state index contributed by atoms with van der Waals surface area (Å²) in [4.78, 5) is 17.2. The maximum absolute atomic E-state index is 13.0. The molecule has 1 fully saturated rings. The van der Waals surface area contributed by atoms with Crippen molar-refractivity contribution in [1.82, 2.24) is 19.9 Å². The molecule has 8 heteroatoms. The molecule has 0 saturated carbocycles. The van der Waals surface area contributed by atoms with Gasteiger partial charge in [-0.25, -0.2) is 19.3 Å². The van der Waals surface area contributed by atoms with Gasteiger partial charge in [0.25, 0.3) is 0 Å². The molecule has 0 amide bonds. The van der Waals surface area contributed by atoms with Gasteiger partial charge in [-0.1, -0.05) is 12.1 Å². The van der Waals surface area contributed by atoms with E-state index in [9.17, 15) is 4.39 Å². The summed E-state index contributed by atoms with van der Waals surface area (Å²) in [5, 5.41) is 1.18. The van der Waals surface area contributed by atoms with Gasteiger partial charge in [-0.05, 0) is 31.4 Å².